The van der Waals surface area contributed by atoms with Gasteiger partial charge in [0.05, 0.1) is 7.05 Å². The summed E-state index contributed by atoms with van der Waals surface area (Å²) >= 11 is 0. The summed E-state index contributed by atoms with van der Waals surface area (Å²) < 4.78 is 0. The van der Waals surface area contributed by atoms with Gasteiger partial charge in [-0.1, -0.05) is 0 Å². The normalized spacial score (nSPS) is 7.12. The number of rotatable bonds is 1. The lowest BCUT2D eigenvalue weighted by atomic mass is 10.8. The van der Waals surface area contributed by atoms with Crippen molar-refractivity contribution in [2.24, 2.45) is 0 Å². The van der Waals surface area contributed by atoms with E-state index in [0.717, 1.165) is 5.06 Å². The van der Waals surface area contributed by atoms with E-state index < -0.39 is 5.97 Å². The highest BCUT2D eigenvalue weighted by atomic mass is 16.7. The summed E-state index contributed by atoms with van der Waals surface area (Å²) in [7, 11) is 1.35. The molecule has 4 heteroatoms. The molecule has 0 aliphatic heterocycles. The van der Waals surface area contributed by atoms with Gasteiger partial charge in [0.25, 0.3) is 0 Å². The third-order valence-corrected chi connectivity index (χ3v) is 0.406. The van der Waals surface area contributed by atoms with Crippen molar-refractivity contribution in [1.82, 2.24) is 5.06 Å². The first kappa shape index (κ1) is 6.76. The molecule has 0 rings (SSSR count). The van der Waals surface area contributed by atoms with Gasteiger partial charge < -0.3 is 4.84 Å². The fraction of sp³-hybridized carbons (Fsp3) is 0.500. The first-order valence-corrected chi connectivity index (χ1v) is 1.99. The van der Waals surface area contributed by atoms with Crippen LogP contribution in [0.4, 0.5) is 0 Å². The van der Waals surface area contributed by atoms with Crippen LogP contribution in [-0.2, 0) is 9.63 Å². The van der Waals surface area contributed by atoms with Crippen molar-refractivity contribution in [3.8, 4) is 6.19 Å². The molecule has 8 heavy (non-hydrogen) atoms. The molecule has 0 aliphatic carbocycles. The molecule has 0 bridgehead atoms. The summed E-state index contributed by atoms with van der Waals surface area (Å²) in [5.41, 5.74) is 0. The Bertz CT molecular complexity index is 126. The second-order valence-corrected chi connectivity index (χ2v) is 1.18. The molecular formula is C4H6N2O2. The predicted molar refractivity (Wildman–Crippen MR) is 25.1 cm³/mol. The monoisotopic (exact) mass is 114 g/mol. The molecular weight excluding hydrogens is 108 g/mol. The van der Waals surface area contributed by atoms with Crippen LogP contribution in [0.1, 0.15) is 6.92 Å². The smallest absolute Gasteiger partial charge is 0.330 e. The van der Waals surface area contributed by atoms with Crippen LogP contribution in [0.2, 0.25) is 0 Å². The highest BCUT2D eigenvalue weighted by Gasteiger charge is 1.94. The predicted octanol–water partition coefficient (Wildman–Crippen LogP) is -0.123. The van der Waals surface area contributed by atoms with Crippen molar-refractivity contribution in [2.75, 3.05) is 7.05 Å². The zero-order chi connectivity index (χ0) is 6.57. The number of hydrogen-bond acceptors (Lipinski definition) is 4. The molecule has 0 amide bonds. The Kier molecular flexibility index (Phi) is 2.41. The molecule has 0 fully saturated rings. The lowest BCUT2D eigenvalue weighted by Crippen LogP contribution is -2.15. The summed E-state index contributed by atoms with van der Waals surface area (Å²) in [5, 5.41) is 8.76. The standard InChI is InChI=1S/C4H6N2O2/c1-4(7)8-6(2)3-5/h1-2H3. The van der Waals surface area contributed by atoms with Crippen LogP contribution in [-0.4, -0.2) is 18.1 Å². The molecule has 0 unspecified atom stereocenters. The Balaban J connectivity index is 3.43. The topological polar surface area (TPSA) is 53.3 Å². The van der Waals surface area contributed by atoms with Gasteiger partial charge in [0.2, 0.25) is 6.19 Å². The molecule has 0 saturated heterocycles. The van der Waals surface area contributed by atoms with Gasteiger partial charge in [-0.3, -0.25) is 0 Å². The van der Waals surface area contributed by atoms with Crippen LogP contribution in [0.25, 0.3) is 0 Å². The largest absolute Gasteiger partial charge is 0.332 e. The van der Waals surface area contributed by atoms with Crippen LogP contribution < -0.4 is 0 Å². The van der Waals surface area contributed by atoms with Crippen LogP contribution in [0.3, 0.4) is 0 Å². The van der Waals surface area contributed by atoms with Crippen molar-refractivity contribution in [3.63, 3.8) is 0 Å². The van der Waals surface area contributed by atoms with Gasteiger partial charge in [-0.15, -0.1) is 5.06 Å². The number of nitrogens with zero attached hydrogens (tertiary/aromatic N) is 2. The van der Waals surface area contributed by atoms with Gasteiger partial charge in [-0.2, -0.15) is 5.26 Å². The molecule has 0 heterocycles. The maximum atomic E-state index is 10.00. The highest BCUT2D eigenvalue weighted by Crippen LogP contribution is 1.79. The Morgan fingerprint density at radius 2 is 2.38 bits per heavy atom. The number of nitriles is 1. The Labute approximate surface area is 47.2 Å². The van der Waals surface area contributed by atoms with E-state index in [2.05, 4.69) is 4.84 Å². The SMILES string of the molecule is CC(=O)ON(C)C#N. The van der Waals surface area contributed by atoms with Crippen LogP contribution >= 0.6 is 0 Å². The molecule has 0 atom stereocenters. The van der Waals surface area contributed by atoms with E-state index in [1.54, 1.807) is 6.19 Å². The minimum Gasteiger partial charge on any atom is -0.332 e. The molecule has 0 aromatic heterocycles. The van der Waals surface area contributed by atoms with Crippen LogP contribution in [0.5, 0.6) is 0 Å². The summed E-state index contributed by atoms with van der Waals surface area (Å²) in [5.74, 6) is -0.492. The number of carbonyl (C=O) groups excluding carboxylic acids is 1. The van der Waals surface area contributed by atoms with Crippen molar-refractivity contribution >= 4 is 5.97 Å². The van der Waals surface area contributed by atoms with Crippen molar-refractivity contribution in [2.45, 2.75) is 6.92 Å². The number of hydroxylamine groups is 2. The van der Waals surface area contributed by atoms with Gasteiger partial charge in [0.15, 0.2) is 0 Å². The Morgan fingerprint density at radius 1 is 1.88 bits per heavy atom. The quantitative estimate of drug-likeness (QED) is 0.271. The zero-order valence-corrected chi connectivity index (χ0v) is 4.71. The summed E-state index contributed by atoms with van der Waals surface area (Å²) in [6.07, 6.45) is 1.59. The van der Waals surface area contributed by atoms with Crippen molar-refractivity contribution in [1.29, 1.82) is 5.26 Å². The molecule has 44 valence electrons. The second-order valence-electron chi connectivity index (χ2n) is 1.18. The molecule has 0 spiro atoms. The highest BCUT2D eigenvalue weighted by molar-refractivity contribution is 5.65. The van der Waals surface area contributed by atoms with E-state index in [1.165, 1.54) is 14.0 Å². The van der Waals surface area contributed by atoms with E-state index in [9.17, 15) is 4.79 Å². The van der Waals surface area contributed by atoms with E-state index in [-0.39, 0.29) is 0 Å². The van der Waals surface area contributed by atoms with Crippen LogP contribution in [0, 0.1) is 11.5 Å². The first-order valence-electron chi connectivity index (χ1n) is 1.99. The van der Waals surface area contributed by atoms with E-state index >= 15 is 0 Å². The summed E-state index contributed by atoms with van der Waals surface area (Å²) in [6, 6.07) is 0. The molecule has 0 radical (unpaired) electrons. The Morgan fingerprint density at radius 3 is 2.50 bits per heavy atom. The average molecular weight is 114 g/mol. The van der Waals surface area contributed by atoms with Gasteiger partial charge in [-0.25, -0.2) is 4.79 Å². The number of hydrogen-bond donors (Lipinski definition) is 0. The zero-order valence-electron chi connectivity index (χ0n) is 4.71. The third kappa shape index (κ3) is 2.97. The van der Waals surface area contributed by atoms with E-state index in [1.807, 2.05) is 0 Å². The van der Waals surface area contributed by atoms with Gasteiger partial charge in [0.1, 0.15) is 0 Å². The van der Waals surface area contributed by atoms with Crippen molar-refractivity contribution in [3.05, 3.63) is 0 Å². The molecule has 4 nitrogen and oxygen atoms in total. The average Bonchev–Trinajstić information content (AvgIpc) is 1.65. The van der Waals surface area contributed by atoms with Gasteiger partial charge in [-0.05, 0) is 0 Å². The molecule has 0 N–H and O–H groups in total. The molecule has 0 aliphatic rings. The first-order chi connectivity index (χ1) is 3.66. The lowest BCUT2D eigenvalue weighted by Gasteiger charge is -2.03. The summed E-state index contributed by atoms with van der Waals surface area (Å²) in [6.45, 7) is 1.23. The fourth-order valence-corrected chi connectivity index (χ4v) is 0.213. The van der Waals surface area contributed by atoms with Crippen molar-refractivity contribution < 1.29 is 9.63 Å². The third-order valence-electron chi connectivity index (χ3n) is 0.406. The molecule has 0 aromatic carbocycles. The maximum absolute atomic E-state index is 10.00. The minimum absolute atomic E-state index is 0.492. The summed E-state index contributed by atoms with van der Waals surface area (Å²) in [4.78, 5) is 14.2. The van der Waals surface area contributed by atoms with Crippen LogP contribution in [0.15, 0.2) is 0 Å². The Hall–Kier alpha value is -1.24. The van der Waals surface area contributed by atoms with Gasteiger partial charge >= 0.3 is 5.97 Å². The fourth-order valence-electron chi connectivity index (χ4n) is 0.213. The number of carbonyl (C=O) groups is 1. The molecule has 0 saturated carbocycles. The van der Waals surface area contributed by atoms with Gasteiger partial charge in [0, 0.05) is 6.92 Å². The minimum atomic E-state index is -0.492. The lowest BCUT2D eigenvalue weighted by molar-refractivity contribution is -0.168. The van der Waals surface area contributed by atoms with E-state index in [0.29, 0.717) is 0 Å². The maximum Gasteiger partial charge on any atom is 0.330 e. The molecule has 0 aromatic rings. The van der Waals surface area contributed by atoms with E-state index in [4.69, 9.17) is 5.26 Å². The second kappa shape index (κ2) is 2.86.